The lowest BCUT2D eigenvalue weighted by molar-refractivity contribution is 0.608. The van der Waals surface area contributed by atoms with E-state index in [-0.39, 0.29) is 0 Å². The minimum Gasteiger partial charge on any atom is -0.353 e. The molecule has 0 bridgehead atoms. The molecule has 1 unspecified atom stereocenters. The van der Waals surface area contributed by atoms with Gasteiger partial charge in [0.2, 0.25) is 0 Å². The predicted molar refractivity (Wildman–Crippen MR) is 86.2 cm³/mol. The van der Waals surface area contributed by atoms with Crippen molar-refractivity contribution in [3.05, 3.63) is 48.2 Å². The third-order valence-corrected chi connectivity index (χ3v) is 4.20. The summed E-state index contributed by atoms with van der Waals surface area (Å²) < 4.78 is 2.08. The third kappa shape index (κ3) is 2.73. The maximum Gasteiger partial charge on any atom is 0.129 e. The first-order valence-corrected chi connectivity index (χ1v) is 7.48. The summed E-state index contributed by atoms with van der Waals surface area (Å²) in [4.78, 5) is 10.9. The Morgan fingerprint density at radius 2 is 2.27 bits per heavy atom. The molecule has 0 radical (unpaired) electrons. The van der Waals surface area contributed by atoms with Gasteiger partial charge in [-0.25, -0.2) is 9.97 Å². The average Bonchev–Trinajstić information content (AvgIpc) is 3.09. The number of nitrogens with zero attached hydrogens (tertiary/aromatic N) is 5. The van der Waals surface area contributed by atoms with Crippen LogP contribution in [-0.2, 0) is 0 Å². The van der Waals surface area contributed by atoms with Gasteiger partial charge in [0.05, 0.1) is 23.6 Å². The monoisotopic (exact) mass is 293 g/mol. The molecule has 0 N–H and O–H groups in total. The topological polar surface area (TPSA) is 57.7 Å². The van der Waals surface area contributed by atoms with E-state index in [1.165, 1.54) is 5.70 Å². The Hall–Kier alpha value is -2.61. The van der Waals surface area contributed by atoms with E-state index >= 15 is 0 Å². The van der Waals surface area contributed by atoms with Gasteiger partial charge in [0.25, 0.3) is 0 Å². The number of imidazole rings is 1. The second-order valence-corrected chi connectivity index (χ2v) is 5.61. The molecule has 0 fully saturated rings. The van der Waals surface area contributed by atoms with Crippen molar-refractivity contribution in [1.29, 1.82) is 5.26 Å². The van der Waals surface area contributed by atoms with Crippen LogP contribution in [0.3, 0.4) is 0 Å². The molecular formula is C17H19N5. The zero-order chi connectivity index (χ0) is 15.5. The van der Waals surface area contributed by atoms with E-state index in [1.54, 1.807) is 6.20 Å². The molecule has 0 amide bonds. The van der Waals surface area contributed by atoms with Gasteiger partial charge < -0.3 is 9.47 Å². The highest BCUT2D eigenvalue weighted by Crippen LogP contribution is 2.27. The SMILES string of the molecule is Cc1nc(N(C)C2C=C(n3ccnc3)CCC2)ccc1C#N. The zero-order valence-electron chi connectivity index (χ0n) is 12.9. The molecule has 1 aliphatic rings. The van der Waals surface area contributed by atoms with Crippen molar-refractivity contribution >= 4 is 11.5 Å². The second kappa shape index (κ2) is 6.02. The summed E-state index contributed by atoms with van der Waals surface area (Å²) in [6.07, 6.45) is 11.3. The minimum absolute atomic E-state index is 0.311. The van der Waals surface area contributed by atoms with Gasteiger partial charge in [-0.05, 0) is 44.4 Å². The van der Waals surface area contributed by atoms with E-state index in [2.05, 4.69) is 38.6 Å². The summed E-state index contributed by atoms with van der Waals surface area (Å²) >= 11 is 0. The summed E-state index contributed by atoms with van der Waals surface area (Å²) in [7, 11) is 2.06. The molecule has 0 saturated heterocycles. The normalized spacial score (nSPS) is 17.7. The van der Waals surface area contributed by atoms with Crippen molar-refractivity contribution in [1.82, 2.24) is 14.5 Å². The number of aryl methyl sites for hydroxylation is 1. The first-order valence-electron chi connectivity index (χ1n) is 7.48. The fourth-order valence-electron chi connectivity index (χ4n) is 2.86. The van der Waals surface area contributed by atoms with Crippen LogP contribution in [0.1, 0.15) is 30.5 Å². The number of aromatic nitrogens is 3. The Balaban J connectivity index is 1.85. The fraction of sp³-hybridized carbons (Fsp3) is 0.353. The predicted octanol–water partition coefficient (Wildman–Crippen LogP) is 2.99. The lowest BCUT2D eigenvalue weighted by Crippen LogP contribution is -2.32. The van der Waals surface area contributed by atoms with E-state index in [9.17, 15) is 0 Å². The molecule has 1 atom stereocenters. The summed E-state index contributed by atoms with van der Waals surface area (Å²) in [5.74, 6) is 0.907. The van der Waals surface area contributed by atoms with Crippen LogP contribution in [0.25, 0.3) is 5.70 Å². The highest BCUT2D eigenvalue weighted by molar-refractivity contribution is 5.52. The highest BCUT2D eigenvalue weighted by atomic mass is 15.2. The van der Waals surface area contributed by atoms with Crippen LogP contribution in [0.5, 0.6) is 0 Å². The van der Waals surface area contributed by atoms with Gasteiger partial charge in [-0.15, -0.1) is 0 Å². The van der Waals surface area contributed by atoms with Gasteiger partial charge in [0.15, 0.2) is 0 Å². The number of pyridine rings is 1. The fourth-order valence-corrected chi connectivity index (χ4v) is 2.86. The highest BCUT2D eigenvalue weighted by Gasteiger charge is 2.20. The zero-order valence-corrected chi connectivity index (χ0v) is 12.9. The first kappa shape index (κ1) is 14.3. The number of hydrogen-bond acceptors (Lipinski definition) is 4. The number of allylic oxidation sites excluding steroid dienone is 1. The Morgan fingerprint density at radius 1 is 1.41 bits per heavy atom. The number of hydrogen-bond donors (Lipinski definition) is 0. The van der Waals surface area contributed by atoms with Crippen molar-refractivity contribution in [2.75, 3.05) is 11.9 Å². The number of nitriles is 1. The molecule has 0 aromatic carbocycles. The standard InChI is InChI=1S/C17H19N5/c1-13-14(11-18)6-7-17(20-13)21(2)15-4-3-5-16(10-15)22-9-8-19-12-22/h6-10,12,15H,3-5H2,1-2H3. The van der Waals surface area contributed by atoms with Crippen LogP contribution in [0.15, 0.2) is 36.9 Å². The lowest BCUT2D eigenvalue weighted by Gasteiger charge is -2.31. The van der Waals surface area contributed by atoms with Gasteiger partial charge in [0.1, 0.15) is 11.9 Å². The maximum absolute atomic E-state index is 9.02. The van der Waals surface area contributed by atoms with Gasteiger partial charge in [0, 0.05) is 25.1 Å². The van der Waals surface area contributed by atoms with Gasteiger partial charge in [-0.3, -0.25) is 0 Å². The summed E-state index contributed by atoms with van der Waals surface area (Å²) in [6.45, 7) is 1.88. The van der Waals surface area contributed by atoms with E-state index in [1.807, 2.05) is 31.6 Å². The molecule has 22 heavy (non-hydrogen) atoms. The molecular weight excluding hydrogens is 274 g/mol. The quantitative estimate of drug-likeness (QED) is 0.873. The van der Waals surface area contributed by atoms with Crippen molar-refractivity contribution in [3.63, 3.8) is 0 Å². The molecule has 2 aromatic heterocycles. The largest absolute Gasteiger partial charge is 0.353 e. The molecule has 2 heterocycles. The van der Waals surface area contributed by atoms with Crippen LogP contribution in [0.2, 0.25) is 0 Å². The molecule has 3 rings (SSSR count). The van der Waals surface area contributed by atoms with Crippen LogP contribution >= 0.6 is 0 Å². The smallest absolute Gasteiger partial charge is 0.129 e. The van der Waals surface area contributed by atoms with E-state index in [0.29, 0.717) is 11.6 Å². The van der Waals surface area contributed by atoms with Crippen molar-refractivity contribution in [2.45, 2.75) is 32.2 Å². The first-order chi connectivity index (χ1) is 10.7. The summed E-state index contributed by atoms with van der Waals surface area (Å²) in [6, 6.07) is 6.24. The second-order valence-electron chi connectivity index (χ2n) is 5.61. The molecule has 5 heteroatoms. The molecule has 0 aliphatic heterocycles. The lowest BCUT2D eigenvalue weighted by atomic mass is 9.98. The summed E-state index contributed by atoms with van der Waals surface area (Å²) in [5, 5.41) is 9.02. The van der Waals surface area contributed by atoms with Gasteiger partial charge >= 0.3 is 0 Å². The van der Waals surface area contributed by atoms with Gasteiger partial charge in [-0.2, -0.15) is 5.26 Å². The Labute approximate surface area is 130 Å². The number of rotatable bonds is 3. The van der Waals surface area contributed by atoms with E-state index < -0.39 is 0 Å². The number of anilines is 1. The van der Waals surface area contributed by atoms with Gasteiger partial charge in [-0.1, -0.05) is 0 Å². The van der Waals surface area contributed by atoms with Crippen LogP contribution < -0.4 is 4.90 Å². The third-order valence-electron chi connectivity index (χ3n) is 4.20. The molecule has 0 saturated carbocycles. The van der Waals surface area contributed by atoms with Crippen LogP contribution in [-0.4, -0.2) is 27.6 Å². The Kier molecular flexibility index (Phi) is 3.92. The Morgan fingerprint density at radius 3 is 2.95 bits per heavy atom. The van der Waals surface area contributed by atoms with E-state index in [0.717, 1.165) is 30.8 Å². The molecule has 112 valence electrons. The molecule has 1 aliphatic carbocycles. The average molecular weight is 293 g/mol. The van der Waals surface area contributed by atoms with Crippen molar-refractivity contribution in [3.8, 4) is 6.07 Å². The van der Waals surface area contributed by atoms with Crippen LogP contribution in [0.4, 0.5) is 5.82 Å². The van der Waals surface area contributed by atoms with Crippen LogP contribution in [0, 0.1) is 18.3 Å². The minimum atomic E-state index is 0.311. The molecule has 2 aromatic rings. The summed E-state index contributed by atoms with van der Waals surface area (Å²) in [5.41, 5.74) is 2.70. The van der Waals surface area contributed by atoms with Crippen molar-refractivity contribution < 1.29 is 0 Å². The Bertz CT molecular complexity index is 724. The van der Waals surface area contributed by atoms with Crippen molar-refractivity contribution in [2.24, 2.45) is 0 Å². The number of likely N-dealkylation sites (N-methyl/N-ethyl adjacent to an activating group) is 1. The maximum atomic E-state index is 9.02. The van der Waals surface area contributed by atoms with E-state index in [4.69, 9.17) is 5.26 Å². The molecule has 5 nitrogen and oxygen atoms in total. The molecule has 0 spiro atoms.